The zero-order valence-corrected chi connectivity index (χ0v) is 18.0. The van der Waals surface area contributed by atoms with E-state index >= 15 is 0 Å². The largest absolute Gasteiger partial charge is 0.573 e. The number of aliphatic hydroxyl groups excluding tert-OH is 1. The van der Waals surface area contributed by atoms with E-state index in [0.29, 0.717) is 26.2 Å². The van der Waals surface area contributed by atoms with Crippen molar-refractivity contribution >= 4 is 17.5 Å². The van der Waals surface area contributed by atoms with Crippen LogP contribution in [0, 0.1) is 0 Å². The molecule has 1 atom stereocenters. The number of hydrogen-bond acceptors (Lipinski definition) is 6. The molecule has 0 radical (unpaired) electrons. The maximum absolute atomic E-state index is 12.3. The van der Waals surface area contributed by atoms with Gasteiger partial charge in [-0.15, -0.1) is 13.2 Å². The Kier molecular flexibility index (Phi) is 7.29. The summed E-state index contributed by atoms with van der Waals surface area (Å²) >= 11 is 0. The lowest BCUT2D eigenvalue weighted by molar-refractivity contribution is -0.274. The minimum atomic E-state index is -4.72. The van der Waals surface area contributed by atoms with Crippen LogP contribution in [0.4, 0.5) is 18.9 Å². The second-order valence-electron chi connectivity index (χ2n) is 8.12. The molecule has 0 saturated carbocycles. The van der Waals surface area contributed by atoms with Crippen molar-refractivity contribution in [3.8, 4) is 5.75 Å². The van der Waals surface area contributed by atoms with E-state index in [1.54, 1.807) is 26.2 Å². The number of aliphatic hydroxyl groups is 1. The van der Waals surface area contributed by atoms with Crippen LogP contribution in [0.2, 0.25) is 0 Å². The van der Waals surface area contributed by atoms with Crippen molar-refractivity contribution in [2.75, 3.05) is 58.3 Å². The van der Waals surface area contributed by atoms with E-state index in [1.165, 1.54) is 28.2 Å². The highest BCUT2D eigenvalue weighted by molar-refractivity contribution is 5.84. The van der Waals surface area contributed by atoms with Gasteiger partial charge in [0, 0.05) is 58.4 Å². The Morgan fingerprint density at radius 2 is 1.72 bits per heavy atom. The van der Waals surface area contributed by atoms with Gasteiger partial charge < -0.3 is 25.0 Å². The number of nitrogens with zero attached hydrogens (tertiary/aromatic N) is 3. The molecular formula is C21H27F3N4O4. The lowest BCUT2D eigenvalue weighted by Crippen LogP contribution is -2.44. The first-order chi connectivity index (χ1) is 15.1. The van der Waals surface area contributed by atoms with Gasteiger partial charge in [0.1, 0.15) is 5.75 Å². The van der Waals surface area contributed by atoms with Gasteiger partial charge in [-0.1, -0.05) is 0 Å². The van der Waals surface area contributed by atoms with Crippen LogP contribution < -0.4 is 15.0 Å². The first kappa shape index (κ1) is 23.9. The quantitative estimate of drug-likeness (QED) is 0.568. The Morgan fingerprint density at radius 1 is 1.12 bits per heavy atom. The molecule has 3 rings (SSSR count). The van der Waals surface area contributed by atoms with Crippen molar-refractivity contribution in [2.24, 2.45) is 0 Å². The van der Waals surface area contributed by atoms with Crippen LogP contribution in [0.1, 0.15) is 6.42 Å². The summed E-state index contributed by atoms with van der Waals surface area (Å²) in [6.07, 6.45) is -4.63. The molecule has 0 saturated heterocycles. The van der Waals surface area contributed by atoms with Crippen LogP contribution in [0.3, 0.4) is 0 Å². The van der Waals surface area contributed by atoms with E-state index in [1.807, 2.05) is 4.90 Å². The van der Waals surface area contributed by atoms with Crippen molar-refractivity contribution < 1.29 is 32.6 Å². The number of hydrogen-bond donors (Lipinski definition) is 2. The molecule has 0 bridgehead atoms. The molecule has 1 aromatic rings. The number of benzene rings is 1. The molecule has 1 aromatic carbocycles. The minimum Gasteiger partial charge on any atom is -0.406 e. The number of ether oxygens (including phenoxy) is 1. The van der Waals surface area contributed by atoms with Crippen molar-refractivity contribution in [1.29, 1.82) is 0 Å². The SMILES string of the molecule is CN(C)C(=O)CNC(=O)CC(CO)N1CC2=C(CN(c3ccc(OC(F)(F)F)cc3)C2)C1. The van der Waals surface area contributed by atoms with E-state index in [2.05, 4.69) is 15.0 Å². The number of carbonyl (C=O) groups is 2. The molecule has 11 heteroatoms. The number of amides is 2. The summed E-state index contributed by atoms with van der Waals surface area (Å²) in [5.41, 5.74) is 3.16. The Labute approximate surface area is 184 Å². The van der Waals surface area contributed by atoms with Crippen molar-refractivity contribution in [2.45, 2.75) is 18.8 Å². The van der Waals surface area contributed by atoms with E-state index < -0.39 is 6.36 Å². The minimum absolute atomic E-state index is 0.0828. The van der Waals surface area contributed by atoms with Crippen molar-refractivity contribution in [1.82, 2.24) is 15.1 Å². The van der Waals surface area contributed by atoms with Gasteiger partial charge in [0.15, 0.2) is 0 Å². The van der Waals surface area contributed by atoms with Gasteiger partial charge in [-0.3, -0.25) is 14.5 Å². The topological polar surface area (TPSA) is 85.3 Å². The summed E-state index contributed by atoms with van der Waals surface area (Å²) in [4.78, 5) is 29.3. The molecule has 32 heavy (non-hydrogen) atoms. The fraction of sp³-hybridized carbons (Fsp3) is 0.524. The first-order valence-corrected chi connectivity index (χ1v) is 10.2. The van der Waals surface area contributed by atoms with Crippen LogP contribution in [-0.4, -0.2) is 92.6 Å². The van der Waals surface area contributed by atoms with E-state index in [0.717, 1.165) is 5.69 Å². The van der Waals surface area contributed by atoms with Crippen molar-refractivity contribution in [3.05, 3.63) is 35.4 Å². The molecule has 0 fully saturated rings. The fourth-order valence-electron chi connectivity index (χ4n) is 3.84. The molecular weight excluding hydrogens is 429 g/mol. The van der Waals surface area contributed by atoms with Gasteiger partial charge in [0.2, 0.25) is 11.8 Å². The molecule has 0 spiro atoms. The standard InChI is InChI=1S/C21H27F3N4O4/c1-26(2)20(31)8-25-19(30)7-17(13-29)28-11-14-9-27(10-15(14)12-28)16-3-5-18(6-4-16)32-21(22,23)24/h3-6,17,29H,7-13H2,1-2H3,(H,25,30). The summed E-state index contributed by atoms with van der Waals surface area (Å²) in [6, 6.07) is 5.41. The van der Waals surface area contributed by atoms with Crippen LogP contribution in [0.25, 0.3) is 0 Å². The molecule has 0 aliphatic carbocycles. The lowest BCUT2D eigenvalue weighted by atomic mass is 10.1. The summed E-state index contributed by atoms with van der Waals surface area (Å²) in [5, 5.41) is 12.4. The average Bonchev–Trinajstić information content (AvgIpc) is 3.28. The number of likely N-dealkylation sites (N-methyl/N-ethyl adjacent to an activating group) is 1. The maximum Gasteiger partial charge on any atom is 0.573 e. The highest BCUT2D eigenvalue weighted by Gasteiger charge is 2.34. The molecule has 2 N–H and O–H groups in total. The third-order valence-electron chi connectivity index (χ3n) is 5.57. The van der Waals surface area contributed by atoms with Crippen LogP contribution in [0.15, 0.2) is 35.4 Å². The second kappa shape index (κ2) is 9.78. The molecule has 1 unspecified atom stereocenters. The van der Waals surface area contributed by atoms with Gasteiger partial charge in [-0.05, 0) is 35.4 Å². The zero-order chi connectivity index (χ0) is 23.5. The molecule has 8 nitrogen and oxygen atoms in total. The van der Waals surface area contributed by atoms with Gasteiger partial charge in [-0.2, -0.15) is 0 Å². The number of alkyl halides is 3. The highest BCUT2D eigenvalue weighted by Crippen LogP contribution is 2.32. The van der Waals surface area contributed by atoms with Crippen LogP contribution >= 0.6 is 0 Å². The van der Waals surface area contributed by atoms with Crippen LogP contribution in [0.5, 0.6) is 5.75 Å². The van der Waals surface area contributed by atoms with Crippen LogP contribution in [-0.2, 0) is 9.59 Å². The number of anilines is 1. The summed E-state index contributed by atoms with van der Waals surface area (Å²) in [7, 11) is 3.22. The number of rotatable bonds is 8. The molecule has 0 aromatic heterocycles. The predicted molar refractivity (Wildman–Crippen MR) is 111 cm³/mol. The molecule has 2 amide bonds. The van der Waals surface area contributed by atoms with E-state index in [9.17, 15) is 27.9 Å². The van der Waals surface area contributed by atoms with E-state index in [4.69, 9.17) is 0 Å². The molecule has 2 heterocycles. The molecule has 2 aliphatic rings. The third-order valence-corrected chi connectivity index (χ3v) is 5.57. The summed E-state index contributed by atoms with van der Waals surface area (Å²) in [6.45, 7) is 2.22. The normalized spacial score (nSPS) is 17.4. The fourth-order valence-corrected chi connectivity index (χ4v) is 3.84. The Hall–Kier alpha value is -2.79. The monoisotopic (exact) mass is 456 g/mol. The third kappa shape index (κ3) is 6.13. The zero-order valence-electron chi connectivity index (χ0n) is 18.0. The van der Waals surface area contributed by atoms with E-state index in [-0.39, 0.29) is 43.2 Å². The Balaban J connectivity index is 1.49. The smallest absolute Gasteiger partial charge is 0.406 e. The number of halogens is 3. The lowest BCUT2D eigenvalue weighted by Gasteiger charge is -2.29. The average molecular weight is 456 g/mol. The van der Waals surface area contributed by atoms with Gasteiger partial charge in [0.25, 0.3) is 0 Å². The first-order valence-electron chi connectivity index (χ1n) is 10.2. The second-order valence-corrected chi connectivity index (χ2v) is 8.12. The summed E-state index contributed by atoms with van der Waals surface area (Å²) in [5.74, 6) is -0.767. The van der Waals surface area contributed by atoms with Gasteiger partial charge in [0.05, 0.1) is 13.2 Å². The maximum atomic E-state index is 12.3. The highest BCUT2D eigenvalue weighted by atomic mass is 19.4. The summed E-state index contributed by atoms with van der Waals surface area (Å²) < 4.78 is 40.9. The van der Waals surface area contributed by atoms with Gasteiger partial charge >= 0.3 is 6.36 Å². The Bertz CT molecular complexity index is 853. The molecule has 2 aliphatic heterocycles. The number of nitrogens with one attached hydrogen (secondary N) is 1. The number of carbonyl (C=O) groups excluding carboxylic acids is 2. The predicted octanol–water partition coefficient (Wildman–Crippen LogP) is 0.973. The Morgan fingerprint density at radius 3 is 2.22 bits per heavy atom. The van der Waals surface area contributed by atoms with Crippen molar-refractivity contribution in [3.63, 3.8) is 0 Å². The molecule has 176 valence electrons. The van der Waals surface area contributed by atoms with Gasteiger partial charge in [-0.25, -0.2) is 0 Å².